The Morgan fingerprint density at radius 1 is 1.36 bits per heavy atom. The van der Waals surface area contributed by atoms with Gasteiger partial charge in [-0.2, -0.15) is 0 Å². The highest BCUT2D eigenvalue weighted by atomic mass is 127. The maximum atomic E-state index is 5.41. The highest BCUT2D eigenvalue weighted by Gasteiger charge is 2.15. The molecule has 7 heteroatoms. The molecule has 5 nitrogen and oxygen atoms in total. The lowest BCUT2D eigenvalue weighted by Crippen LogP contribution is -2.44. The molecule has 1 atom stereocenters. The van der Waals surface area contributed by atoms with E-state index in [1.54, 1.807) is 0 Å². The van der Waals surface area contributed by atoms with Crippen LogP contribution in [0.5, 0.6) is 0 Å². The molecule has 25 heavy (non-hydrogen) atoms. The van der Waals surface area contributed by atoms with Crippen molar-refractivity contribution in [3.8, 4) is 0 Å². The molecule has 2 rings (SSSR count). The summed E-state index contributed by atoms with van der Waals surface area (Å²) in [5.41, 5.74) is 1.25. The Labute approximate surface area is 177 Å². The summed E-state index contributed by atoms with van der Waals surface area (Å²) in [6.07, 6.45) is 0. The van der Waals surface area contributed by atoms with Crippen LogP contribution in [-0.2, 0) is 11.3 Å². The van der Waals surface area contributed by atoms with E-state index in [0.29, 0.717) is 5.92 Å². The number of rotatable bonds is 6. The maximum Gasteiger partial charge on any atom is 0.193 e. The average Bonchev–Trinajstić information content (AvgIpc) is 2.58. The van der Waals surface area contributed by atoms with Crippen LogP contribution in [-0.4, -0.2) is 69.2 Å². The number of hydrogen-bond acceptors (Lipinski definition) is 3. The Kier molecular flexibility index (Phi) is 11.0. The number of hydrogen-bond donors (Lipinski definition) is 1. The molecule has 0 radical (unpaired) electrons. The van der Waals surface area contributed by atoms with Gasteiger partial charge in [-0.15, -0.1) is 24.0 Å². The fourth-order valence-corrected chi connectivity index (χ4v) is 3.31. The zero-order chi connectivity index (χ0) is 17.4. The number of halogens is 2. The predicted octanol–water partition coefficient (Wildman–Crippen LogP) is 3.04. The molecular formula is C18H30BrIN4O. The molecule has 1 heterocycles. The van der Waals surface area contributed by atoms with Crippen molar-refractivity contribution in [3.63, 3.8) is 0 Å². The van der Waals surface area contributed by atoms with Gasteiger partial charge >= 0.3 is 0 Å². The molecule has 1 aromatic rings. The van der Waals surface area contributed by atoms with E-state index in [1.807, 2.05) is 13.1 Å². The van der Waals surface area contributed by atoms with Crippen molar-refractivity contribution in [1.82, 2.24) is 15.1 Å². The van der Waals surface area contributed by atoms with E-state index in [1.165, 1.54) is 5.56 Å². The van der Waals surface area contributed by atoms with Crippen molar-refractivity contribution in [2.45, 2.75) is 13.5 Å². The van der Waals surface area contributed by atoms with Gasteiger partial charge in [0.05, 0.1) is 13.2 Å². The second-order valence-electron chi connectivity index (χ2n) is 6.39. The lowest BCUT2D eigenvalue weighted by molar-refractivity contribution is 0.0320. The van der Waals surface area contributed by atoms with E-state index in [4.69, 9.17) is 4.74 Å². The molecule has 0 bridgehead atoms. The second-order valence-corrected chi connectivity index (χ2v) is 7.25. The fourth-order valence-electron chi connectivity index (χ4n) is 2.90. The summed E-state index contributed by atoms with van der Waals surface area (Å²) < 4.78 is 6.54. The molecule has 1 N–H and O–H groups in total. The van der Waals surface area contributed by atoms with Crippen LogP contribution in [0, 0.1) is 5.92 Å². The third-order valence-electron chi connectivity index (χ3n) is 4.22. The molecular weight excluding hydrogens is 495 g/mol. The first-order chi connectivity index (χ1) is 11.6. The van der Waals surface area contributed by atoms with Gasteiger partial charge in [0.25, 0.3) is 0 Å². The van der Waals surface area contributed by atoms with Crippen LogP contribution in [0.3, 0.4) is 0 Å². The number of morpholine rings is 1. The van der Waals surface area contributed by atoms with Crippen molar-refractivity contribution in [1.29, 1.82) is 0 Å². The van der Waals surface area contributed by atoms with Crippen LogP contribution in [0.2, 0.25) is 0 Å². The predicted molar refractivity (Wildman–Crippen MR) is 119 cm³/mol. The third-order valence-corrected chi connectivity index (χ3v) is 4.99. The number of nitrogens with one attached hydrogen (secondary N) is 1. The van der Waals surface area contributed by atoms with Gasteiger partial charge in [0.1, 0.15) is 0 Å². The summed E-state index contributed by atoms with van der Waals surface area (Å²) in [7, 11) is 3.91. The van der Waals surface area contributed by atoms with Gasteiger partial charge in [0.15, 0.2) is 5.96 Å². The van der Waals surface area contributed by atoms with Crippen molar-refractivity contribution in [3.05, 3.63) is 34.3 Å². The van der Waals surface area contributed by atoms with E-state index in [0.717, 1.165) is 56.4 Å². The first kappa shape index (κ1) is 22.7. The molecule has 1 aromatic carbocycles. The standard InChI is InChI=1S/C18H29BrN4O.HI/c1-15(13-23-8-10-24-11-9-23)12-21-18(20-2)22(3)14-16-6-4-5-7-17(16)19;/h4-7,15H,8-14H2,1-3H3,(H,20,21);1H. The minimum absolute atomic E-state index is 0. The molecule has 1 fully saturated rings. The van der Waals surface area contributed by atoms with Crippen LogP contribution in [0.25, 0.3) is 0 Å². The van der Waals surface area contributed by atoms with Crippen LogP contribution < -0.4 is 5.32 Å². The molecule has 1 saturated heterocycles. The molecule has 0 aliphatic carbocycles. The number of benzene rings is 1. The van der Waals surface area contributed by atoms with Crippen molar-refractivity contribution in [2.24, 2.45) is 10.9 Å². The van der Waals surface area contributed by atoms with Crippen molar-refractivity contribution >= 4 is 45.9 Å². The highest BCUT2D eigenvalue weighted by molar-refractivity contribution is 14.0. The Balaban J connectivity index is 0.00000312. The minimum Gasteiger partial charge on any atom is -0.379 e. The minimum atomic E-state index is 0. The third kappa shape index (κ3) is 7.80. The van der Waals surface area contributed by atoms with E-state index in [-0.39, 0.29) is 24.0 Å². The quantitative estimate of drug-likeness (QED) is 0.353. The molecule has 1 unspecified atom stereocenters. The topological polar surface area (TPSA) is 40.1 Å². The SMILES string of the molecule is CN=C(NCC(C)CN1CCOCC1)N(C)Cc1ccccc1Br.I. The number of nitrogens with zero attached hydrogens (tertiary/aromatic N) is 3. The lowest BCUT2D eigenvalue weighted by atomic mass is 10.1. The monoisotopic (exact) mass is 524 g/mol. The Morgan fingerprint density at radius 2 is 2.04 bits per heavy atom. The van der Waals surface area contributed by atoms with Crippen LogP contribution >= 0.6 is 39.9 Å². The van der Waals surface area contributed by atoms with Gasteiger partial charge in [-0.1, -0.05) is 41.1 Å². The maximum absolute atomic E-state index is 5.41. The van der Waals surface area contributed by atoms with E-state index >= 15 is 0 Å². The van der Waals surface area contributed by atoms with E-state index in [9.17, 15) is 0 Å². The van der Waals surface area contributed by atoms with Crippen LogP contribution in [0.4, 0.5) is 0 Å². The number of aliphatic imine (C=N–C) groups is 1. The van der Waals surface area contributed by atoms with E-state index in [2.05, 4.69) is 68.2 Å². The largest absolute Gasteiger partial charge is 0.379 e. The molecule has 0 saturated carbocycles. The highest BCUT2D eigenvalue weighted by Crippen LogP contribution is 2.17. The van der Waals surface area contributed by atoms with Gasteiger partial charge in [-0.25, -0.2) is 0 Å². The Hall–Kier alpha value is -0.380. The Bertz CT molecular complexity index is 538. The Morgan fingerprint density at radius 3 is 2.68 bits per heavy atom. The lowest BCUT2D eigenvalue weighted by Gasteiger charge is -2.30. The molecule has 0 spiro atoms. The van der Waals surface area contributed by atoms with Gasteiger partial charge < -0.3 is 15.0 Å². The van der Waals surface area contributed by atoms with Gasteiger partial charge in [-0.3, -0.25) is 9.89 Å². The summed E-state index contributed by atoms with van der Waals surface area (Å²) in [5.74, 6) is 1.50. The molecule has 1 aliphatic rings. The van der Waals surface area contributed by atoms with Crippen molar-refractivity contribution < 1.29 is 4.74 Å². The van der Waals surface area contributed by atoms with Crippen molar-refractivity contribution in [2.75, 3.05) is 53.5 Å². The first-order valence-corrected chi connectivity index (χ1v) is 9.34. The van der Waals surface area contributed by atoms with Gasteiger partial charge in [0.2, 0.25) is 0 Å². The first-order valence-electron chi connectivity index (χ1n) is 8.55. The summed E-state index contributed by atoms with van der Waals surface area (Å²) in [4.78, 5) is 9.05. The normalized spacial score (nSPS) is 16.9. The molecule has 1 aliphatic heterocycles. The fraction of sp³-hybridized carbons (Fsp3) is 0.611. The summed E-state index contributed by atoms with van der Waals surface area (Å²) in [5, 5.41) is 3.50. The molecule has 0 amide bonds. The van der Waals surface area contributed by atoms with E-state index < -0.39 is 0 Å². The summed E-state index contributed by atoms with van der Waals surface area (Å²) in [6.45, 7) is 8.92. The number of guanidine groups is 1. The smallest absolute Gasteiger partial charge is 0.193 e. The van der Waals surface area contributed by atoms with Gasteiger partial charge in [0, 0.05) is 51.3 Å². The summed E-state index contributed by atoms with van der Waals surface area (Å²) in [6, 6.07) is 8.31. The number of ether oxygens (including phenoxy) is 1. The molecule has 142 valence electrons. The van der Waals surface area contributed by atoms with Gasteiger partial charge in [-0.05, 0) is 17.5 Å². The molecule has 0 aromatic heterocycles. The van der Waals surface area contributed by atoms with Crippen LogP contribution in [0.1, 0.15) is 12.5 Å². The average molecular weight is 525 g/mol. The zero-order valence-corrected chi connectivity index (χ0v) is 19.3. The van der Waals surface area contributed by atoms with Crippen LogP contribution in [0.15, 0.2) is 33.7 Å². The second kappa shape index (κ2) is 12.1. The summed E-state index contributed by atoms with van der Waals surface area (Å²) >= 11 is 3.61. The zero-order valence-electron chi connectivity index (χ0n) is 15.4.